The maximum Gasteiger partial charge on any atom is 0.235 e. The maximum atomic E-state index is 12.6. The van der Waals surface area contributed by atoms with Gasteiger partial charge in [-0.3, -0.25) is 14.5 Å². The highest BCUT2D eigenvalue weighted by Gasteiger charge is 2.59. The summed E-state index contributed by atoms with van der Waals surface area (Å²) in [6.45, 7) is 4.37. The summed E-state index contributed by atoms with van der Waals surface area (Å²) in [6, 6.07) is 6.02. The van der Waals surface area contributed by atoms with Crippen LogP contribution < -0.4 is 5.32 Å². The van der Waals surface area contributed by atoms with Crippen LogP contribution in [-0.2, 0) is 9.59 Å². The van der Waals surface area contributed by atoms with Crippen LogP contribution in [0, 0.1) is 37.5 Å². The monoisotopic (exact) mass is 296 g/mol. The van der Waals surface area contributed by atoms with E-state index in [9.17, 15) is 9.59 Å². The molecule has 0 radical (unpaired) electrons. The van der Waals surface area contributed by atoms with E-state index in [4.69, 9.17) is 0 Å². The molecule has 0 unspecified atom stereocenters. The standard InChI is InChI=1S/C18H20N2O2/c1-10-4-3-5-14(11(10)2)19-9-20-17(21)15-12-6-7-13(8-12)16(15)18(20)22/h3-7,12-13,15-16,19H,8-9H2,1-2H3/t12-,13-,15-,16-/m0/s1. The maximum absolute atomic E-state index is 12.6. The first kappa shape index (κ1) is 13.6. The number of rotatable bonds is 3. The zero-order valence-corrected chi connectivity index (χ0v) is 12.9. The molecule has 1 saturated heterocycles. The Bertz CT molecular complexity index is 664. The number of fused-ring (bicyclic) bond motifs is 5. The van der Waals surface area contributed by atoms with E-state index < -0.39 is 0 Å². The number of imide groups is 1. The number of nitrogens with zero attached hydrogens (tertiary/aromatic N) is 1. The SMILES string of the molecule is Cc1cccc(NCN2C(=O)[C@@H]3[C@@H](C2=O)[C@H]2C=C[C@H]3C2)c1C. The lowest BCUT2D eigenvalue weighted by atomic mass is 9.85. The number of carbonyl (C=O) groups excluding carboxylic acids is 2. The van der Waals surface area contributed by atoms with Gasteiger partial charge < -0.3 is 5.32 Å². The lowest BCUT2D eigenvalue weighted by Crippen LogP contribution is -2.37. The summed E-state index contributed by atoms with van der Waals surface area (Å²) in [7, 11) is 0. The molecule has 2 fully saturated rings. The van der Waals surface area contributed by atoms with Crippen molar-refractivity contribution in [2.75, 3.05) is 12.0 Å². The van der Waals surface area contributed by atoms with Gasteiger partial charge in [-0.2, -0.15) is 0 Å². The second kappa shape index (κ2) is 4.70. The third kappa shape index (κ3) is 1.76. The summed E-state index contributed by atoms with van der Waals surface area (Å²) in [5.74, 6) is 0.342. The van der Waals surface area contributed by atoms with Crippen LogP contribution in [0.3, 0.4) is 0 Å². The van der Waals surface area contributed by atoms with Crippen LogP contribution >= 0.6 is 0 Å². The molecule has 1 aliphatic heterocycles. The molecule has 1 heterocycles. The lowest BCUT2D eigenvalue weighted by molar-refractivity contribution is -0.140. The van der Waals surface area contributed by atoms with Crippen molar-refractivity contribution in [1.82, 2.24) is 4.90 Å². The minimum absolute atomic E-state index is 0.00431. The van der Waals surface area contributed by atoms with Gasteiger partial charge in [0, 0.05) is 5.69 Å². The van der Waals surface area contributed by atoms with E-state index in [2.05, 4.69) is 30.5 Å². The number of nitrogens with one attached hydrogen (secondary N) is 1. The Morgan fingerprint density at radius 3 is 2.36 bits per heavy atom. The van der Waals surface area contributed by atoms with Crippen LogP contribution in [-0.4, -0.2) is 23.4 Å². The zero-order valence-electron chi connectivity index (χ0n) is 12.9. The third-order valence-corrected chi connectivity index (χ3v) is 5.59. The molecule has 2 bridgehead atoms. The quantitative estimate of drug-likeness (QED) is 0.688. The highest BCUT2D eigenvalue weighted by Crippen LogP contribution is 2.52. The van der Waals surface area contributed by atoms with E-state index in [-0.39, 0.29) is 42.2 Å². The van der Waals surface area contributed by atoms with E-state index >= 15 is 0 Å². The Hall–Kier alpha value is -2.10. The van der Waals surface area contributed by atoms with Gasteiger partial charge in [-0.25, -0.2) is 0 Å². The second-order valence-corrected chi connectivity index (χ2v) is 6.69. The van der Waals surface area contributed by atoms with Crippen molar-refractivity contribution < 1.29 is 9.59 Å². The van der Waals surface area contributed by atoms with Crippen LogP contribution in [0.2, 0.25) is 0 Å². The predicted molar refractivity (Wildman–Crippen MR) is 84.0 cm³/mol. The molecule has 0 aromatic heterocycles. The number of amides is 2. The molecular formula is C18H20N2O2. The number of aryl methyl sites for hydroxylation is 1. The topological polar surface area (TPSA) is 49.4 Å². The predicted octanol–water partition coefficient (Wildman–Crippen LogP) is 2.48. The molecule has 4 nitrogen and oxygen atoms in total. The first-order chi connectivity index (χ1) is 10.6. The van der Waals surface area contributed by atoms with Crippen LogP contribution in [0.4, 0.5) is 5.69 Å². The zero-order chi connectivity index (χ0) is 15.4. The molecule has 1 aromatic carbocycles. The Morgan fingerprint density at radius 2 is 1.73 bits per heavy atom. The molecule has 1 aromatic rings. The first-order valence-electron chi connectivity index (χ1n) is 7.91. The van der Waals surface area contributed by atoms with E-state index in [1.165, 1.54) is 10.5 Å². The minimum atomic E-state index is -0.108. The van der Waals surface area contributed by atoms with Gasteiger partial charge in [0.25, 0.3) is 0 Å². The largest absolute Gasteiger partial charge is 0.367 e. The molecule has 1 saturated carbocycles. The molecule has 4 heteroatoms. The molecule has 0 spiro atoms. The fourth-order valence-corrected chi connectivity index (χ4v) is 4.23. The number of carbonyl (C=O) groups is 2. The highest BCUT2D eigenvalue weighted by atomic mass is 16.2. The Labute approximate surface area is 130 Å². The van der Waals surface area contributed by atoms with Crippen LogP contribution in [0.15, 0.2) is 30.4 Å². The normalized spacial score (nSPS) is 32.0. The molecule has 4 atom stereocenters. The number of anilines is 1. The van der Waals surface area contributed by atoms with Crippen LogP contribution in [0.1, 0.15) is 17.5 Å². The van der Waals surface area contributed by atoms with E-state index in [0.29, 0.717) is 0 Å². The average molecular weight is 296 g/mol. The van der Waals surface area contributed by atoms with Gasteiger partial charge in [-0.05, 0) is 49.3 Å². The summed E-state index contributed by atoms with van der Waals surface area (Å²) in [4.78, 5) is 26.6. The molecule has 114 valence electrons. The van der Waals surface area contributed by atoms with Crippen molar-refractivity contribution in [3.8, 4) is 0 Å². The van der Waals surface area contributed by atoms with Gasteiger partial charge in [-0.1, -0.05) is 24.3 Å². The number of likely N-dealkylation sites (tertiary alicyclic amines) is 1. The van der Waals surface area contributed by atoms with Crippen molar-refractivity contribution in [1.29, 1.82) is 0 Å². The molecule has 3 aliphatic rings. The van der Waals surface area contributed by atoms with E-state index in [0.717, 1.165) is 17.7 Å². The number of benzene rings is 1. The van der Waals surface area contributed by atoms with Crippen LogP contribution in [0.5, 0.6) is 0 Å². The van der Waals surface area contributed by atoms with E-state index in [1.54, 1.807) is 0 Å². The van der Waals surface area contributed by atoms with Crippen molar-refractivity contribution in [2.45, 2.75) is 20.3 Å². The van der Waals surface area contributed by atoms with Gasteiger partial charge in [0.2, 0.25) is 11.8 Å². The summed E-state index contributed by atoms with van der Waals surface area (Å²) >= 11 is 0. The molecule has 2 amide bonds. The molecule has 22 heavy (non-hydrogen) atoms. The second-order valence-electron chi connectivity index (χ2n) is 6.69. The van der Waals surface area contributed by atoms with Gasteiger partial charge in [0.1, 0.15) is 0 Å². The van der Waals surface area contributed by atoms with Gasteiger partial charge in [0.05, 0.1) is 18.5 Å². The Kier molecular flexibility index (Phi) is 2.90. The fourth-order valence-electron chi connectivity index (χ4n) is 4.23. The average Bonchev–Trinajstić information content (AvgIpc) is 3.17. The number of hydrogen-bond donors (Lipinski definition) is 1. The molecule has 1 N–H and O–H groups in total. The minimum Gasteiger partial charge on any atom is -0.367 e. The number of allylic oxidation sites excluding steroid dienone is 2. The first-order valence-corrected chi connectivity index (χ1v) is 7.91. The highest BCUT2D eigenvalue weighted by molar-refractivity contribution is 6.06. The Balaban J connectivity index is 1.52. The van der Waals surface area contributed by atoms with Crippen LogP contribution in [0.25, 0.3) is 0 Å². The number of hydrogen-bond acceptors (Lipinski definition) is 3. The summed E-state index contributed by atoms with van der Waals surface area (Å²) in [5, 5.41) is 3.26. The van der Waals surface area contributed by atoms with Crippen molar-refractivity contribution >= 4 is 17.5 Å². The molecule has 2 aliphatic carbocycles. The van der Waals surface area contributed by atoms with Crippen molar-refractivity contribution in [3.63, 3.8) is 0 Å². The summed E-state index contributed by atoms with van der Waals surface area (Å²) in [6.07, 6.45) is 5.22. The Morgan fingerprint density at radius 1 is 1.09 bits per heavy atom. The van der Waals surface area contributed by atoms with E-state index in [1.807, 2.05) is 19.1 Å². The summed E-state index contributed by atoms with van der Waals surface area (Å²) in [5.41, 5.74) is 3.34. The molecular weight excluding hydrogens is 276 g/mol. The summed E-state index contributed by atoms with van der Waals surface area (Å²) < 4.78 is 0. The molecule has 4 rings (SSSR count). The fraction of sp³-hybridized carbons (Fsp3) is 0.444. The smallest absolute Gasteiger partial charge is 0.235 e. The van der Waals surface area contributed by atoms with Crippen molar-refractivity contribution in [3.05, 3.63) is 41.5 Å². The van der Waals surface area contributed by atoms with Crippen molar-refractivity contribution in [2.24, 2.45) is 23.7 Å². The van der Waals surface area contributed by atoms with Gasteiger partial charge >= 0.3 is 0 Å². The third-order valence-electron chi connectivity index (χ3n) is 5.59. The van der Waals surface area contributed by atoms with Gasteiger partial charge in [0.15, 0.2) is 0 Å². The lowest BCUT2D eigenvalue weighted by Gasteiger charge is -2.19. The van der Waals surface area contributed by atoms with Gasteiger partial charge in [-0.15, -0.1) is 0 Å².